The molecule has 0 saturated carbocycles. The van der Waals surface area contributed by atoms with Crippen molar-refractivity contribution in [2.75, 3.05) is 32.0 Å². The van der Waals surface area contributed by atoms with E-state index >= 15 is 0 Å². The number of likely N-dealkylation sites (N-methyl/N-ethyl adjacent to an activating group) is 1. The predicted octanol–water partition coefficient (Wildman–Crippen LogP) is 1.46. The number of benzene rings is 1. The van der Waals surface area contributed by atoms with Crippen molar-refractivity contribution >= 4 is 15.7 Å². The molecule has 5 nitrogen and oxygen atoms in total. The van der Waals surface area contributed by atoms with Crippen LogP contribution in [0.15, 0.2) is 24.3 Å². The molecular weight excluding hydrogens is 264 g/mol. The summed E-state index contributed by atoms with van der Waals surface area (Å²) in [5, 5.41) is 0. The molecule has 6 heteroatoms. The Morgan fingerprint density at radius 3 is 2.37 bits per heavy atom. The van der Waals surface area contributed by atoms with Crippen LogP contribution in [0.1, 0.15) is 19.4 Å². The Kier molecular flexibility index (Phi) is 6.27. The maximum atomic E-state index is 12.2. The molecule has 2 N–H and O–H groups in total. The van der Waals surface area contributed by atoms with E-state index in [1.807, 2.05) is 13.8 Å². The van der Waals surface area contributed by atoms with Crippen LogP contribution in [-0.2, 0) is 20.5 Å². The molecular formula is C13H22N2O3S. The van der Waals surface area contributed by atoms with E-state index in [9.17, 15) is 8.42 Å². The van der Waals surface area contributed by atoms with Crippen molar-refractivity contribution in [3.05, 3.63) is 29.8 Å². The van der Waals surface area contributed by atoms with Crippen molar-refractivity contribution in [2.45, 2.75) is 19.6 Å². The summed E-state index contributed by atoms with van der Waals surface area (Å²) in [5.41, 5.74) is 6.95. The maximum Gasteiger partial charge on any atom is 0.218 e. The second kappa shape index (κ2) is 7.47. The van der Waals surface area contributed by atoms with Gasteiger partial charge in [-0.05, 0) is 24.6 Å². The fraction of sp³-hybridized carbons (Fsp3) is 0.538. The number of nitrogens with two attached hydrogens (primary N) is 1. The molecule has 0 amide bonds. The molecule has 0 fully saturated rings. The molecule has 0 aliphatic heterocycles. The Labute approximate surface area is 115 Å². The van der Waals surface area contributed by atoms with E-state index in [0.29, 0.717) is 32.0 Å². The molecule has 108 valence electrons. The van der Waals surface area contributed by atoms with Crippen molar-refractivity contribution in [3.63, 3.8) is 0 Å². The SMILES string of the molecule is CCOCCN(CC)S(=O)(=O)Cc1ccc(N)cc1. The van der Waals surface area contributed by atoms with E-state index in [4.69, 9.17) is 10.5 Å². The third-order valence-corrected chi connectivity index (χ3v) is 4.69. The van der Waals surface area contributed by atoms with Crippen molar-refractivity contribution in [3.8, 4) is 0 Å². The molecule has 0 bridgehead atoms. The minimum absolute atomic E-state index is 0.00670. The molecule has 0 saturated heterocycles. The highest BCUT2D eigenvalue weighted by atomic mass is 32.2. The number of anilines is 1. The van der Waals surface area contributed by atoms with Crippen molar-refractivity contribution < 1.29 is 13.2 Å². The minimum atomic E-state index is -3.31. The maximum absolute atomic E-state index is 12.2. The lowest BCUT2D eigenvalue weighted by Gasteiger charge is -2.20. The Morgan fingerprint density at radius 2 is 1.84 bits per heavy atom. The lowest BCUT2D eigenvalue weighted by Crippen LogP contribution is -2.34. The molecule has 0 aromatic heterocycles. The first-order valence-corrected chi connectivity index (χ1v) is 8.00. The number of sulfonamides is 1. The molecule has 0 aliphatic carbocycles. The average molecular weight is 286 g/mol. The normalized spacial score (nSPS) is 11.9. The van der Waals surface area contributed by atoms with Crippen LogP contribution in [0.4, 0.5) is 5.69 Å². The molecule has 1 rings (SSSR count). The van der Waals surface area contributed by atoms with Gasteiger partial charge in [-0.3, -0.25) is 0 Å². The molecule has 1 aromatic carbocycles. The van der Waals surface area contributed by atoms with Gasteiger partial charge in [0.05, 0.1) is 12.4 Å². The van der Waals surface area contributed by atoms with Crippen molar-refractivity contribution in [1.29, 1.82) is 0 Å². The number of nitrogens with zero attached hydrogens (tertiary/aromatic N) is 1. The van der Waals surface area contributed by atoms with Crippen LogP contribution in [-0.4, -0.2) is 39.0 Å². The third kappa shape index (κ3) is 5.18. The Morgan fingerprint density at radius 1 is 1.21 bits per heavy atom. The highest BCUT2D eigenvalue weighted by Gasteiger charge is 2.20. The van der Waals surface area contributed by atoms with E-state index in [1.165, 1.54) is 4.31 Å². The van der Waals surface area contributed by atoms with Crippen molar-refractivity contribution in [1.82, 2.24) is 4.31 Å². The van der Waals surface area contributed by atoms with E-state index in [0.717, 1.165) is 5.56 Å². The first-order valence-electron chi connectivity index (χ1n) is 6.39. The van der Waals surface area contributed by atoms with E-state index in [1.54, 1.807) is 24.3 Å². The number of nitrogen functional groups attached to an aromatic ring is 1. The van der Waals surface area contributed by atoms with Crippen LogP contribution in [0.5, 0.6) is 0 Å². The molecule has 1 aromatic rings. The zero-order valence-electron chi connectivity index (χ0n) is 11.5. The summed E-state index contributed by atoms with van der Waals surface area (Å²) in [6.45, 7) is 5.57. The van der Waals surface area contributed by atoms with E-state index < -0.39 is 10.0 Å². The summed E-state index contributed by atoms with van der Waals surface area (Å²) in [6.07, 6.45) is 0. The van der Waals surface area contributed by atoms with Gasteiger partial charge in [-0.1, -0.05) is 19.1 Å². The first kappa shape index (κ1) is 15.9. The average Bonchev–Trinajstić information content (AvgIpc) is 2.37. The topological polar surface area (TPSA) is 72.6 Å². The Hall–Kier alpha value is -1.11. The Bertz CT molecular complexity index is 471. The molecule has 0 heterocycles. The van der Waals surface area contributed by atoms with Crippen LogP contribution >= 0.6 is 0 Å². The number of ether oxygens (including phenoxy) is 1. The van der Waals surface area contributed by atoms with Gasteiger partial charge >= 0.3 is 0 Å². The highest BCUT2D eigenvalue weighted by molar-refractivity contribution is 7.88. The molecule has 0 unspecified atom stereocenters. The molecule has 0 spiro atoms. The summed E-state index contributed by atoms with van der Waals surface area (Å²) in [6, 6.07) is 6.90. The van der Waals surface area contributed by atoms with Crippen LogP contribution in [0, 0.1) is 0 Å². The highest BCUT2D eigenvalue weighted by Crippen LogP contribution is 2.12. The predicted molar refractivity (Wildman–Crippen MR) is 77.2 cm³/mol. The summed E-state index contributed by atoms with van der Waals surface area (Å²) < 4.78 is 31.1. The second-order valence-electron chi connectivity index (χ2n) is 4.19. The lowest BCUT2D eigenvalue weighted by molar-refractivity contribution is 0.135. The van der Waals surface area contributed by atoms with Gasteiger partial charge in [0.1, 0.15) is 0 Å². The Balaban J connectivity index is 2.69. The van der Waals surface area contributed by atoms with Gasteiger partial charge in [0.15, 0.2) is 0 Å². The summed E-state index contributed by atoms with van der Waals surface area (Å²) in [4.78, 5) is 0. The number of hydrogen-bond donors (Lipinski definition) is 1. The van der Waals surface area contributed by atoms with Crippen LogP contribution in [0.2, 0.25) is 0 Å². The van der Waals surface area contributed by atoms with Crippen LogP contribution < -0.4 is 5.73 Å². The molecule has 0 radical (unpaired) electrons. The largest absolute Gasteiger partial charge is 0.399 e. The monoisotopic (exact) mass is 286 g/mol. The first-order chi connectivity index (χ1) is 8.99. The third-order valence-electron chi connectivity index (χ3n) is 2.76. The van der Waals surface area contributed by atoms with Gasteiger partial charge in [0.25, 0.3) is 0 Å². The van der Waals surface area contributed by atoms with E-state index in [-0.39, 0.29) is 5.75 Å². The fourth-order valence-electron chi connectivity index (χ4n) is 1.72. The standard InChI is InChI=1S/C13H22N2O3S/c1-3-15(9-10-18-4-2)19(16,17)11-12-5-7-13(14)8-6-12/h5-8H,3-4,9-11,14H2,1-2H3. The number of rotatable bonds is 8. The summed E-state index contributed by atoms with van der Waals surface area (Å²) >= 11 is 0. The fourth-order valence-corrected chi connectivity index (χ4v) is 3.26. The molecule has 0 atom stereocenters. The second-order valence-corrected chi connectivity index (χ2v) is 6.16. The quantitative estimate of drug-likeness (QED) is 0.580. The smallest absolute Gasteiger partial charge is 0.218 e. The minimum Gasteiger partial charge on any atom is -0.399 e. The van der Waals surface area contributed by atoms with Gasteiger partial charge in [-0.25, -0.2) is 8.42 Å². The van der Waals surface area contributed by atoms with Gasteiger partial charge < -0.3 is 10.5 Å². The molecule has 19 heavy (non-hydrogen) atoms. The van der Waals surface area contributed by atoms with Crippen molar-refractivity contribution in [2.24, 2.45) is 0 Å². The van der Waals surface area contributed by atoms with E-state index in [2.05, 4.69) is 0 Å². The van der Waals surface area contributed by atoms with Crippen LogP contribution in [0.3, 0.4) is 0 Å². The van der Waals surface area contributed by atoms with Crippen LogP contribution in [0.25, 0.3) is 0 Å². The summed E-state index contributed by atoms with van der Waals surface area (Å²) in [7, 11) is -3.31. The summed E-state index contributed by atoms with van der Waals surface area (Å²) in [5.74, 6) is -0.00670. The van der Waals surface area contributed by atoms with Gasteiger partial charge in [0.2, 0.25) is 10.0 Å². The zero-order chi connectivity index (χ0) is 14.3. The zero-order valence-corrected chi connectivity index (χ0v) is 12.3. The van der Waals surface area contributed by atoms with Gasteiger partial charge in [0, 0.05) is 25.4 Å². The number of hydrogen-bond acceptors (Lipinski definition) is 4. The van der Waals surface area contributed by atoms with Gasteiger partial charge in [-0.15, -0.1) is 0 Å². The molecule has 0 aliphatic rings. The van der Waals surface area contributed by atoms with Gasteiger partial charge in [-0.2, -0.15) is 4.31 Å². The lowest BCUT2D eigenvalue weighted by atomic mass is 10.2.